The molecule has 1 aromatic heterocycles. The van der Waals surface area contributed by atoms with Crippen LogP contribution in [-0.2, 0) is 0 Å². The lowest BCUT2D eigenvalue weighted by atomic mass is 10.0. The third-order valence-corrected chi connectivity index (χ3v) is 2.79. The van der Waals surface area contributed by atoms with E-state index in [9.17, 15) is 0 Å². The molecule has 0 radical (unpaired) electrons. The van der Waals surface area contributed by atoms with Crippen LogP contribution >= 0.6 is 0 Å². The fraction of sp³-hybridized carbons (Fsp3) is 0.545. The molecule has 0 aromatic carbocycles. The Kier molecular flexibility index (Phi) is 2.79. The number of nitrogens with zero attached hydrogens (tertiary/aromatic N) is 2. The topological polar surface area (TPSA) is 28.2 Å². The minimum atomic E-state index is 0.483. The van der Waals surface area contributed by atoms with E-state index in [1.807, 2.05) is 12.4 Å². The van der Waals surface area contributed by atoms with E-state index < -0.39 is 0 Å². The SMILES string of the molecule is Cc1cncc(C2CNCCN2C)c1. The predicted molar refractivity (Wildman–Crippen MR) is 57.2 cm³/mol. The molecule has 0 saturated carbocycles. The molecule has 1 fully saturated rings. The van der Waals surface area contributed by atoms with Gasteiger partial charge < -0.3 is 5.32 Å². The number of aromatic nitrogens is 1. The largest absolute Gasteiger partial charge is 0.314 e. The van der Waals surface area contributed by atoms with Crippen LogP contribution in [-0.4, -0.2) is 36.6 Å². The second kappa shape index (κ2) is 4.07. The van der Waals surface area contributed by atoms with Crippen LogP contribution < -0.4 is 5.32 Å². The molecule has 0 amide bonds. The lowest BCUT2D eigenvalue weighted by Crippen LogP contribution is -2.43. The Bertz CT molecular complexity index is 311. The molecule has 0 bridgehead atoms. The van der Waals surface area contributed by atoms with Gasteiger partial charge >= 0.3 is 0 Å². The van der Waals surface area contributed by atoms with Crippen molar-refractivity contribution < 1.29 is 0 Å². The molecular formula is C11H17N3. The summed E-state index contributed by atoms with van der Waals surface area (Å²) in [6, 6.07) is 2.71. The van der Waals surface area contributed by atoms with Crippen molar-refractivity contribution in [2.24, 2.45) is 0 Å². The fourth-order valence-corrected chi connectivity index (χ4v) is 1.94. The van der Waals surface area contributed by atoms with Crippen LogP contribution in [0.25, 0.3) is 0 Å². The molecule has 0 aliphatic carbocycles. The van der Waals surface area contributed by atoms with Gasteiger partial charge in [-0.15, -0.1) is 0 Å². The highest BCUT2D eigenvalue weighted by atomic mass is 15.2. The van der Waals surface area contributed by atoms with Gasteiger partial charge in [0.15, 0.2) is 0 Å². The summed E-state index contributed by atoms with van der Waals surface area (Å²) in [5.74, 6) is 0. The third kappa shape index (κ3) is 1.94. The Morgan fingerprint density at radius 1 is 1.50 bits per heavy atom. The number of piperazine rings is 1. The number of hydrogen-bond donors (Lipinski definition) is 1. The van der Waals surface area contributed by atoms with Crippen LogP contribution in [0, 0.1) is 6.92 Å². The maximum atomic E-state index is 4.24. The number of likely N-dealkylation sites (N-methyl/N-ethyl adjacent to an activating group) is 1. The van der Waals surface area contributed by atoms with Gasteiger partial charge in [-0.3, -0.25) is 9.88 Å². The van der Waals surface area contributed by atoms with Crippen LogP contribution in [0.4, 0.5) is 0 Å². The Morgan fingerprint density at radius 2 is 2.36 bits per heavy atom. The Hall–Kier alpha value is -0.930. The van der Waals surface area contributed by atoms with E-state index in [0.717, 1.165) is 19.6 Å². The van der Waals surface area contributed by atoms with Crippen molar-refractivity contribution in [2.45, 2.75) is 13.0 Å². The highest BCUT2D eigenvalue weighted by Gasteiger charge is 2.20. The summed E-state index contributed by atoms with van der Waals surface area (Å²) in [6.07, 6.45) is 3.88. The molecule has 1 aliphatic rings. The first-order valence-electron chi connectivity index (χ1n) is 5.10. The van der Waals surface area contributed by atoms with E-state index in [1.165, 1.54) is 11.1 Å². The van der Waals surface area contributed by atoms with Crippen molar-refractivity contribution in [3.8, 4) is 0 Å². The first-order valence-corrected chi connectivity index (χ1v) is 5.10. The molecule has 76 valence electrons. The van der Waals surface area contributed by atoms with E-state index >= 15 is 0 Å². The molecular weight excluding hydrogens is 174 g/mol. The summed E-state index contributed by atoms with van der Waals surface area (Å²) in [6.45, 7) is 5.32. The van der Waals surface area contributed by atoms with E-state index in [1.54, 1.807) is 0 Å². The van der Waals surface area contributed by atoms with Crippen molar-refractivity contribution >= 4 is 0 Å². The zero-order valence-electron chi connectivity index (χ0n) is 8.83. The summed E-state index contributed by atoms with van der Waals surface area (Å²) >= 11 is 0. The maximum absolute atomic E-state index is 4.24. The lowest BCUT2D eigenvalue weighted by Gasteiger charge is -2.33. The summed E-state index contributed by atoms with van der Waals surface area (Å²) < 4.78 is 0. The maximum Gasteiger partial charge on any atom is 0.0485 e. The van der Waals surface area contributed by atoms with E-state index in [2.05, 4.69) is 35.2 Å². The van der Waals surface area contributed by atoms with Crippen molar-refractivity contribution in [3.05, 3.63) is 29.6 Å². The summed E-state index contributed by atoms with van der Waals surface area (Å²) in [5, 5.41) is 3.41. The zero-order valence-corrected chi connectivity index (χ0v) is 8.83. The standard InChI is InChI=1S/C11H17N3/c1-9-5-10(7-13-6-9)11-8-12-3-4-14(11)2/h5-7,11-12H,3-4,8H2,1-2H3. The summed E-state index contributed by atoms with van der Waals surface area (Å²) in [4.78, 5) is 6.62. The first kappa shape index (κ1) is 9.62. The number of pyridine rings is 1. The molecule has 1 unspecified atom stereocenters. The molecule has 0 spiro atoms. The number of rotatable bonds is 1. The highest BCUT2D eigenvalue weighted by Crippen LogP contribution is 2.20. The number of nitrogens with one attached hydrogen (secondary N) is 1. The van der Waals surface area contributed by atoms with Crippen LogP contribution in [0.1, 0.15) is 17.2 Å². The van der Waals surface area contributed by atoms with Gasteiger partial charge in [0.1, 0.15) is 0 Å². The quantitative estimate of drug-likeness (QED) is 0.717. The van der Waals surface area contributed by atoms with E-state index in [4.69, 9.17) is 0 Å². The van der Waals surface area contributed by atoms with Crippen LogP contribution in [0.2, 0.25) is 0 Å². The minimum absolute atomic E-state index is 0.483. The second-order valence-electron chi connectivity index (χ2n) is 4.00. The summed E-state index contributed by atoms with van der Waals surface area (Å²) in [7, 11) is 2.17. The Morgan fingerprint density at radius 3 is 3.07 bits per heavy atom. The average Bonchev–Trinajstić information content (AvgIpc) is 2.18. The van der Waals surface area contributed by atoms with Gasteiger partial charge in [-0.1, -0.05) is 6.07 Å². The third-order valence-electron chi connectivity index (χ3n) is 2.79. The predicted octanol–water partition coefficient (Wildman–Crippen LogP) is 0.966. The van der Waals surface area contributed by atoms with Gasteiger partial charge in [0.25, 0.3) is 0 Å². The molecule has 2 heterocycles. The highest BCUT2D eigenvalue weighted by molar-refractivity contribution is 5.21. The van der Waals surface area contributed by atoms with Crippen molar-refractivity contribution in [1.82, 2.24) is 15.2 Å². The van der Waals surface area contributed by atoms with Crippen molar-refractivity contribution in [1.29, 1.82) is 0 Å². The lowest BCUT2D eigenvalue weighted by molar-refractivity contribution is 0.202. The van der Waals surface area contributed by atoms with Crippen LogP contribution in [0.3, 0.4) is 0 Å². The molecule has 1 saturated heterocycles. The van der Waals surface area contributed by atoms with Crippen molar-refractivity contribution in [3.63, 3.8) is 0 Å². The molecule has 1 aliphatic heterocycles. The van der Waals surface area contributed by atoms with Gasteiger partial charge in [0.05, 0.1) is 0 Å². The minimum Gasteiger partial charge on any atom is -0.314 e. The summed E-state index contributed by atoms with van der Waals surface area (Å²) in [5.41, 5.74) is 2.56. The average molecular weight is 191 g/mol. The van der Waals surface area contributed by atoms with Gasteiger partial charge in [-0.25, -0.2) is 0 Å². The molecule has 1 atom stereocenters. The Balaban J connectivity index is 2.20. The molecule has 1 N–H and O–H groups in total. The number of hydrogen-bond acceptors (Lipinski definition) is 3. The molecule has 14 heavy (non-hydrogen) atoms. The van der Waals surface area contributed by atoms with Gasteiger partial charge in [-0.2, -0.15) is 0 Å². The normalized spacial score (nSPS) is 23.7. The van der Waals surface area contributed by atoms with Crippen LogP contribution in [0.5, 0.6) is 0 Å². The van der Waals surface area contributed by atoms with Gasteiger partial charge in [0.2, 0.25) is 0 Å². The monoisotopic (exact) mass is 191 g/mol. The van der Waals surface area contributed by atoms with Gasteiger partial charge in [0, 0.05) is 38.1 Å². The fourth-order valence-electron chi connectivity index (χ4n) is 1.94. The molecule has 2 rings (SSSR count). The first-order chi connectivity index (χ1) is 6.77. The van der Waals surface area contributed by atoms with Gasteiger partial charge in [-0.05, 0) is 25.1 Å². The second-order valence-corrected chi connectivity index (χ2v) is 4.00. The van der Waals surface area contributed by atoms with Crippen LogP contribution in [0.15, 0.2) is 18.5 Å². The smallest absolute Gasteiger partial charge is 0.0485 e. The zero-order chi connectivity index (χ0) is 9.97. The molecule has 1 aromatic rings. The van der Waals surface area contributed by atoms with E-state index in [0.29, 0.717) is 6.04 Å². The number of aryl methyl sites for hydroxylation is 1. The molecule has 3 heteroatoms. The Labute approximate surface area is 85.1 Å². The van der Waals surface area contributed by atoms with E-state index in [-0.39, 0.29) is 0 Å². The molecule has 3 nitrogen and oxygen atoms in total. The van der Waals surface area contributed by atoms with Crippen molar-refractivity contribution in [2.75, 3.05) is 26.7 Å².